The fourth-order valence-electron chi connectivity index (χ4n) is 4.20. The molecule has 2 amide bonds. The quantitative estimate of drug-likeness (QED) is 0.196. The molecule has 0 saturated carbocycles. The number of carboxylic acids is 1. The normalized spacial score (nSPS) is 12.5. The number of aliphatic carboxylic acids is 1. The number of rotatable bonds is 21. The SMILES string of the molecule is CCCCCCCCCCCCCCC(=O)NC(Cc1ccccc1)C(=O)NC(CC(=O)O)C(C)=O. The average molecular weight is 503 g/mol. The first kappa shape index (κ1) is 31.3. The minimum absolute atomic E-state index is 0.212. The monoisotopic (exact) mass is 502 g/mol. The maximum atomic E-state index is 12.9. The predicted octanol–water partition coefficient (Wildman–Crippen LogP) is 5.35. The lowest BCUT2D eigenvalue weighted by molar-refractivity contribution is -0.140. The smallest absolute Gasteiger partial charge is 0.305 e. The van der Waals surface area contributed by atoms with Crippen LogP contribution in [0.5, 0.6) is 0 Å². The summed E-state index contributed by atoms with van der Waals surface area (Å²) >= 11 is 0. The molecule has 1 rings (SSSR count). The maximum Gasteiger partial charge on any atom is 0.305 e. The van der Waals surface area contributed by atoms with Gasteiger partial charge in [-0.05, 0) is 18.9 Å². The van der Waals surface area contributed by atoms with Crippen molar-refractivity contribution >= 4 is 23.6 Å². The van der Waals surface area contributed by atoms with Gasteiger partial charge in [-0.25, -0.2) is 0 Å². The van der Waals surface area contributed by atoms with E-state index in [1.165, 1.54) is 64.7 Å². The largest absolute Gasteiger partial charge is 0.481 e. The molecule has 0 aromatic heterocycles. The fraction of sp³-hybridized carbons (Fsp3) is 0.655. The molecule has 0 aliphatic rings. The van der Waals surface area contributed by atoms with Crippen LogP contribution in [-0.4, -0.2) is 40.8 Å². The Hall–Kier alpha value is -2.70. The average Bonchev–Trinajstić information content (AvgIpc) is 2.84. The number of Topliss-reactive ketones (excluding diaryl/α,β-unsaturated/α-hetero) is 1. The Balaban J connectivity index is 2.42. The first-order valence-electron chi connectivity index (χ1n) is 13.7. The first-order chi connectivity index (χ1) is 17.3. The van der Waals surface area contributed by atoms with E-state index < -0.39 is 36.2 Å². The molecule has 7 heteroatoms. The van der Waals surface area contributed by atoms with Crippen LogP contribution in [0, 0.1) is 0 Å². The highest BCUT2D eigenvalue weighted by Crippen LogP contribution is 2.13. The Morgan fingerprint density at radius 2 is 1.28 bits per heavy atom. The highest BCUT2D eigenvalue weighted by Gasteiger charge is 2.26. The second kappa shape index (κ2) is 19.5. The number of hydrogen-bond donors (Lipinski definition) is 3. The van der Waals surface area contributed by atoms with Crippen molar-refractivity contribution in [2.24, 2.45) is 0 Å². The number of amides is 2. The standard InChI is InChI=1S/C29H46N2O5/c1-3-4-5-6-7-8-9-10-11-12-13-17-20-27(33)30-26(21-24-18-15-14-16-19-24)29(36)31-25(23(2)32)22-28(34)35/h14-16,18-19,25-26H,3-13,17,20-22H2,1-2H3,(H,30,33)(H,31,36)(H,34,35). The minimum Gasteiger partial charge on any atom is -0.481 e. The summed E-state index contributed by atoms with van der Waals surface area (Å²) < 4.78 is 0. The van der Waals surface area contributed by atoms with Gasteiger partial charge in [-0.1, -0.05) is 108 Å². The summed E-state index contributed by atoms with van der Waals surface area (Å²) in [7, 11) is 0. The summed E-state index contributed by atoms with van der Waals surface area (Å²) in [5, 5.41) is 14.3. The van der Waals surface area contributed by atoms with Gasteiger partial charge in [-0.15, -0.1) is 0 Å². The van der Waals surface area contributed by atoms with Gasteiger partial charge in [0.2, 0.25) is 11.8 Å². The number of nitrogens with one attached hydrogen (secondary N) is 2. The summed E-state index contributed by atoms with van der Waals surface area (Å²) in [6.45, 7) is 3.48. The Labute approximate surface area is 216 Å². The van der Waals surface area contributed by atoms with Crippen LogP contribution in [0.1, 0.15) is 109 Å². The van der Waals surface area contributed by atoms with Crippen LogP contribution in [-0.2, 0) is 25.6 Å². The van der Waals surface area contributed by atoms with E-state index in [9.17, 15) is 19.2 Å². The lowest BCUT2D eigenvalue weighted by atomic mass is 10.0. The number of carboxylic acid groups (broad SMARTS) is 1. The van der Waals surface area contributed by atoms with Crippen molar-refractivity contribution in [3.8, 4) is 0 Å². The van der Waals surface area contributed by atoms with Gasteiger partial charge in [0.05, 0.1) is 12.5 Å². The lowest BCUT2D eigenvalue weighted by Crippen LogP contribution is -2.52. The predicted molar refractivity (Wildman–Crippen MR) is 143 cm³/mol. The van der Waals surface area contributed by atoms with Crippen LogP contribution >= 0.6 is 0 Å². The van der Waals surface area contributed by atoms with Gasteiger partial charge in [0.1, 0.15) is 6.04 Å². The van der Waals surface area contributed by atoms with E-state index in [0.717, 1.165) is 24.8 Å². The third kappa shape index (κ3) is 15.3. The number of carbonyl (C=O) groups excluding carboxylic acids is 3. The van der Waals surface area contributed by atoms with Gasteiger partial charge in [0.25, 0.3) is 0 Å². The molecule has 0 bridgehead atoms. The Kier molecular flexibility index (Phi) is 17.0. The molecule has 0 aliphatic carbocycles. The molecule has 0 radical (unpaired) electrons. The van der Waals surface area contributed by atoms with Crippen molar-refractivity contribution < 1.29 is 24.3 Å². The molecule has 0 fully saturated rings. The van der Waals surface area contributed by atoms with Crippen LogP contribution in [0.3, 0.4) is 0 Å². The van der Waals surface area contributed by atoms with Crippen LogP contribution in [0.25, 0.3) is 0 Å². The zero-order valence-electron chi connectivity index (χ0n) is 22.2. The molecule has 0 aliphatic heterocycles. The topological polar surface area (TPSA) is 113 Å². The molecule has 0 heterocycles. The van der Waals surface area contributed by atoms with Gasteiger partial charge < -0.3 is 15.7 Å². The van der Waals surface area contributed by atoms with Gasteiger partial charge >= 0.3 is 5.97 Å². The number of carbonyl (C=O) groups is 4. The second-order valence-electron chi connectivity index (χ2n) is 9.72. The molecular weight excluding hydrogens is 456 g/mol. The fourth-order valence-corrected chi connectivity index (χ4v) is 4.20. The zero-order valence-corrected chi connectivity index (χ0v) is 22.2. The molecule has 0 spiro atoms. The molecule has 1 aromatic carbocycles. The van der Waals surface area contributed by atoms with Gasteiger partial charge in [-0.3, -0.25) is 19.2 Å². The second-order valence-corrected chi connectivity index (χ2v) is 9.72. The highest BCUT2D eigenvalue weighted by molar-refractivity contribution is 5.93. The molecule has 2 unspecified atom stereocenters. The molecular formula is C29H46N2O5. The maximum absolute atomic E-state index is 12.9. The first-order valence-corrected chi connectivity index (χ1v) is 13.7. The van der Waals surface area contributed by atoms with E-state index in [4.69, 9.17) is 5.11 Å². The van der Waals surface area contributed by atoms with E-state index in [0.29, 0.717) is 6.42 Å². The van der Waals surface area contributed by atoms with E-state index >= 15 is 0 Å². The lowest BCUT2D eigenvalue weighted by Gasteiger charge is -2.22. The van der Waals surface area contributed by atoms with Crippen molar-refractivity contribution in [3.63, 3.8) is 0 Å². The summed E-state index contributed by atoms with van der Waals surface area (Å²) in [4.78, 5) is 48.3. The summed E-state index contributed by atoms with van der Waals surface area (Å²) in [6, 6.07) is 7.27. The molecule has 2 atom stereocenters. The van der Waals surface area contributed by atoms with Gasteiger partial charge in [-0.2, -0.15) is 0 Å². The Morgan fingerprint density at radius 1 is 0.750 bits per heavy atom. The van der Waals surface area contributed by atoms with E-state index in [1.807, 2.05) is 30.3 Å². The molecule has 36 heavy (non-hydrogen) atoms. The number of unbranched alkanes of at least 4 members (excludes halogenated alkanes) is 11. The van der Waals surface area contributed by atoms with Crippen molar-refractivity contribution in [2.75, 3.05) is 0 Å². The summed E-state index contributed by atoms with van der Waals surface area (Å²) in [5.41, 5.74) is 0.862. The van der Waals surface area contributed by atoms with Crippen LogP contribution in [0.4, 0.5) is 0 Å². The van der Waals surface area contributed by atoms with Crippen molar-refractivity contribution in [1.82, 2.24) is 10.6 Å². The van der Waals surface area contributed by atoms with E-state index in [2.05, 4.69) is 17.6 Å². The molecule has 202 valence electrons. The van der Waals surface area contributed by atoms with E-state index in [-0.39, 0.29) is 12.3 Å². The molecule has 1 aromatic rings. The van der Waals surface area contributed by atoms with Gasteiger partial charge in [0.15, 0.2) is 5.78 Å². The molecule has 7 nitrogen and oxygen atoms in total. The number of ketones is 1. The van der Waals surface area contributed by atoms with Crippen LogP contribution in [0.2, 0.25) is 0 Å². The minimum atomic E-state index is -1.17. The van der Waals surface area contributed by atoms with Gasteiger partial charge in [0, 0.05) is 12.8 Å². The van der Waals surface area contributed by atoms with Crippen LogP contribution < -0.4 is 10.6 Å². The van der Waals surface area contributed by atoms with Crippen LogP contribution in [0.15, 0.2) is 30.3 Å². The third-order valence-electron chi connectivity index (χ3n) is 6.38. The molecule has 3 N–H and O–H groups in total. The Morgan fingerprint density at radius 3 is 1.78 bits per heavy atom. The van der Waals surface area contributed by atoms with Crippen molar-refractivity contribution in [3.05, 3.63) is 35.9 Å². The van der Waals surface area contributed by atoms with Crippen molar-refractivity contribution in [1.29, 1.82) is 0 Å². The van der Waals surface area contributed by atoms with E-state index in [1.54, 1.807) is 0 Å². The molecule has 0 saturated heterocycles. The Bertz CT molecular complexity index is 781. The number of benzene rings is 1. The summed E-state index contributed by atoms with van der Waals surface area (Å²) in [6.07, 6.45) is 14.6. The zero-order chi connectivity index (χ0) is 26.6. The highest BCUT2D eigenvalue weighted by atomic mass is 16.4. The number of hydrogen-bond acceptors (Lipinski definition) is 4. The van der Waals surface area contributed by atoms with Crippen molar-refractivity contribution in [2.45, 2.75) is 122 Å². The third-order valence-corrected chi connectivity index (χ3v) is 6.38. The summed E-state index contributed by atoms with van der Waals surface area (Å²) in [5.74, 6) is -2.38.